The van der Waals surface area contributed by atoms with Crippen molar-refractivity contribution in [2.75, 3.05) is 44.8 Å². The molecule has 1 aromatic heterocycles. The first kappa shape index (κ1) is 21.8. The number of likely N-dealkylation sites (tertiary alicyclic amines) is 1. The number of hydrogen-bond acceptors (Lipinski definition) is 6. The van der Waals surface area contributed by atoms with Crippen LogP contribution in [0.1, 0.15) is 32.1 Å². The number of carbonyl (C=O) groups excluding carboxylic acids is 1. The number of fused-ring (bicyclic) bond motifs is 1. The molecule has 1 atom stereocenters. The van der Waals surface area contributed by atoms with Crippen molar-refractivity contribution in [2.24, 2.45) is 5.92 Å². The zero-order valence-electron chi connectivity index (χ0n) is 18.8. The first-order chi connectivity index (χ1) is 16.2. The lowest BCUT2D eigenvalue weighted by Gasteiger charge is -2.46. The molecule has 1 N–H and O–H groups in total. The Kier molecular flexibility index (Phi) is 6.53. The Balaban J connectivity index is 1.09. The molecule has 5 rings (SSSR count). The maximum absolute atomic E-state index is 12.8. The van der Waals surface area contributed by atoms with Crippen LogP contribution in [-0.2, 0) is 4.74 Å². The van der Waals surface area contributed by atoms with Crippen LogP contribution in [0, 0.1) is 5.92 Å². The third-order valence-electron chi connectivity index (χ3n) is 6.79. The Hall–Kier alpha value is -3.00. The molecule has 1 spiro atoms. The van der Waals surface area contributed by atoms with Crippen molar-refractivity contribution < 1.29 is 23.7 Å². The van der Waals surface area contributed by atoms with E-state index in [-0.39, 0.29) is 11.6 Å². The average molecular weight is 454 g/mol. The molecule has 0 radical (unpaired) electrons. The van der Waals surface area contributed by atoms with Crippen LogP contribution < -0.4 is 19.5 Å². The smallest absolute Gasteiger partial charge is 0.321 e. The molecular weight excluding hydrogens is 422 g/mol. The number of piperidine rings is 1. The Morgan fingerprint density at radius 1 is 1.09 bits per heavy atom. The zero-order chi connectivity index (χ0) is 22.5. The van der Waals surface area contributed by atoms with Gasteiger partial charge in [-0.1, -0.05) is 0 Å². The largest absolute Gasteiger partial charge is 0.493 e. The van der Waals surface area contributed by atoms with Gasteiger partial charge in [-0.3, -0.25) is 4.98 Å². The number of benzene rings is 1. The number of rotatable bonds is 5. The highest BCUT2D eigenvalue weighted by atomic mass is 16.6. The van der Waals surface area contributed by atoms with E-state index in [2.05, 4.69) is 10.3 Å². The predicted octanol–water partition coefficient (Wildman–Crippen LogP) is 4.12. The first-order valence-corrected chi connectivity index (χ1v) is 11.8. The van der Waals surface area contributed by atoms with E-state index in [1.807, 2.05) is 35.2 Å². The summed E-state index contributed by atoms with van der Waals surface area (Å²) in [4.78, 5) is 18.7. The fraction of sp³-hybridized carbons (Fsp3) is 0.520. The maximum Gasteiger partial charge on any atom is 0.321 e. The minimum atomic E-state index is -0.118. The number of nitrogens with one attached hydrogen (secondary N) is 1. The molecule has 3 aliphatic heterocycles. The molecule has 2 amide bonds. The molecule has 1 unspecified atom stereocenters. The number of hydrogen-bond donors (Lipinski definition) is 1. The fourth-order valence-corrected chi connectivity index (χ4v) is 4.94. The average Bonchev–Trinajstić information content (AvgIpc) is 2.85. The van der Waals surface area contributed by atoms with E-state index in [9.17, 15) is 4.79 Å². The maximum atomic E-state index is 12.8. The van der Waals surface area contributed by atoms with Crippen LogP contribution in [0.2, 0.25) is 0 Å². The van der Waals surface area contributed by atoms with Gasteiger partial charge in [0.1, 0.15) is 19.0 Å². The molecule has 176 valence electrons. The normalized spacial score (nSPS) is 21.5. The Morgan fingerprint density at radius 2 is 1.88 bits per heavy atom. The molecule has 2 saturated heterocycles. The van der Waals surface area contributed by atoms with Crippen molar-refractivity contribution in [3.8, 4) is 17.2 Å². The van der Waals surface area contributed by atoms with Gasteiger partial charge in [-0.25, -0.2) is 4.79 Å². The third-order valence-corrected chi connectivity index (χ3v) is 6.79. The van der Waals surface area contributed by atoms with Gasteiger partial charge in [-0.05, 0) is 62.3 Å². The second-order valence-electron chi connectivity index (χ2n) is 8.99. The molecule has 3 aliphatic rings. The van der Waals surface area contributed by atoms with Gasteiger partial charge < -0.3 is 29.2 Å². The molecule has 2 fully saturated rings. The number of ether oxygens (including phenoxy) is 4. The van der Waals surface area contributed by atoms with E-state index in [1.54, 1.807) is 12.4 Å². The number of carbonyl (C=O) groups is 1. The molecule has 4 heterocycles. The van der Waals surface area contributed by atoms with Crippen molar-refractivity contribution in [2.45, 2.75) is 37.7 Å². The topological polar surface area (TPSA) is 82.2 Å². The molecule has 1 aromatic carbocycles. The van der Waals surface area contributed by atoms with Crippen LogP contribution in [0.5, 0.6) is 17.2 Å². The minimum absolute atomic E-state index is 0.0837. The SMILES string of the molecule is O=C(Nc1ccc2c(c1)OCCO2)N1CCC2(CC1)CC(CCOc1ccncc1)CCO2. The summed E-state index contributed by atoms with van der Waals surface area (Å²) in [5, 5.41) is 2.99. The molecule has 0 saturated carbocycles. The lowest BCUT2D eigenvalue weighted by atomic mass is 9.78. The summed E-state index contributed by atoms with van der Waals surface area (Å²) in [6.07, 6.45) is 8.33. The van der Waals surface area contributed by atoms with Crippen LogP contribution in [0.15, 0.2) is 42.7 Å². The quantitative estimate of drug-likeness (QED) is 0.734. The van der Waals surface area contributed by atoms with Gasteiger partial charge in [-0.15, -0.1) is 0 Å². The van der Waals surface area contributed by atoms with Gasteiger partial charge >= 0.3 is 6.03 Å². The van der Waals surface area contributed by atoms with Crippen LogP contribution >= 0.6 is 0 Å². The third kappa shape index (κ3) is 5.33. The lowest BCUT2D eigenvalue weighted by molar-refractivity contribution is -0.124. The highest BCUT2D eigenvalue weighted by Gasteiger charge is 2.41. The number of nitrogens with zero attached hydrogens (tertiary/aromatic N) is 2. The van der Waals surface area contributed by atoms with E-state index in [0.717, 1.165) is 44.5 Å². The van der Waals surface area contributed by atoms with Crippen LogP contribution in [0.4, 0.5) is 10.5 Å². The minimum Gasteiger partial charge on any atom is -0.493 e. The summed E-state index contributed by atoms with van der Waals surface area (Å²) >= 11 is 0. The van der Waals surface area contributed by atoms with Gasteiger partial charge in [0.2, 0.25) is 0 Å². The summed E-state index contributed by atoms with van der Waals surface area (Å²) in [5.41, 5.74) is 0.598. The van der Waals surface area contributed by atoms with E-state index in [1.165, 1.54) is 0 Å². The van der Waals surface area contributed by atoms with Gasteiger partial charge in [0.25, 0.3) is 0 Å². The van der Waals surface area contributed by atoms with Crippen LogP contribution in [0.3, 0.4) is 0 Å². The number of pyridine rings is 1. The zero-order valence-corrected chi connectivity index (χ0v) is 18.8. The second kappa shape index (κ2) is 9.87. The van der Waals surface area contributed by atoms with Gasteiger partial charge in [0, 0.05) is 43.8 Å². The van der Waals surface area contributed by atoms with E-state index < -0.39 is 0 Å². The van der Waals surface area contributed by atoms with Gasteiger partial charge in [0.15, 0.2) is 11.5 Å². The number of aromatic nitrogens is 1. The number of amides is 2. The highest BCUT2D eigenvalue weighted by molar-refractivity contribution is 5.89. The Morgan fingerprint density at radius 3 is 2.70 bits per heavy atom. The van der Waals surface area contributed by atoms with E-state index in [4.69, 9.17) is 18.9 Å². The summed E-state index contributed by atoms with van der Waals surface area (Å²) in [5.74, 6) is 2.84. The van der Waals surface area contributed by atoms with Crippen LogP contribution in [-0.4, -0.2) is 61.0 Å². The molecule has 33 heavy (non-hydrogen) atoms. The molecule has 0 aliphatic carbocycles. The van der Waals surface area contributed by atoms with Crippen molar-refractivity contribution in [1.82, 2.24) is 9.88 Å². The molecular formula is C25H31N3O5. The Labute approximate surface area is 194 Å². The lowest BCUT2D eigenvalue weighted by Crippen LogP contribution is -2.51. The monoisotopic (exact) mass is 453 g/mol. The molecule has 8 heteroatoms. The molecule has 0 bridgehead atoms. The van der Waals surface area contributed by atoms with Gasteiger partial charge in [-0.2, -0.15) is 0 Å². The highest BCUT2D eigenvalue weighted by Crippen LogP contribution is 2.39. The summed E-state index contributed by atoms with van der Waals surface area (Å²) in [6.45, 7) is 3.94. The van der Waals surface area contributed by atoms with E-state index in [0.29, 0.717) is 56.0 Å². The summed E-state index contributed by atoms with van der Waals surface area (Å²) in [6, 6.07) is 9.19. The van der Waals surface area contributed by atoms with Crippen molar-refractivity contribution in [1.29, 1.82) is 0 Å². The standard InChI is InChI=1S/C25H31N3O5/c29-24(27-20-1-2-22-23(17-20)32-16-15-31-22)28-11-7-25(8-12-28)18-19(6-14-33-25)5-13-30-21-3-9-26-10-4-21/h1-4,9-10,17,19H,5-8,11-16,18H2,(H,27,29). The Bertz CT molecular complexity index is 946. The number of urea groups is 1. The molecule has 2 aromatic rings. The van der Waals surface area contributed by atoms with Gasteiger partial charge in [0.05, 0.1) is 12.2 Å². The number of anilines is 1. The van der Waals surface area contributed by atoms with Crippen molar-refractivity contribution in [3.05, 3.63) is 42.7 Å². The first-order valence-electron chi connectivity index (χ1n) is 11.8. The second-order valence-corrected chi connectivity index (χ2v) is 8.99. The van der Waals surface area contributed by atoms with E-state index >= 15 is 0 Å². The fourth-order valence-electron chi connectivity index (χ4n) is 4.94. The summed E-state index contributed by atoms with van der Waals surface area (Å²) < 4.78 is 23.3. The molecule has 8 nitrogen and oxygen atoms in total. The summed E-state index contributed by atoms with van der Waals surface area (Å²) in [7, 11) is 0. The van der Waals surface area contributed by atoms with Crippen LogP contribution in [0.25, 0.3) is 0 Å². The van der Waals surface area contributed by atoms with Crippen molar-refractivity contribution in [3.63, 3.8) is 0 Å². The van der Waals surface area contributed by atoms with Crippen molar-refractivity contribution >= 4 is 11.7 Å². The predicted molar refractivity (Wildman–Crippen MR) is 123 cm³/mol.